The summed E-state index contributed by atoms with van der Waals surface area (Å²) in [6, 6.07) is 0.259. The number of rotatable bonds is 14. The Hall–Kier alpha value is -0.160. The summed E-state index contributed by atoms with van der Waals surface area (Å²) in [5, 5.41) is 3.02. The topological polar surface area (TPSA) is 67.3 Å². The Balaban J connectivity index is -0.000000394. The molecule has 0 spiro atoms. The minimum atomic E-state index is 0.130. The maximum Gasteiger partial charge on any atom is 0.0160 e. The van der Waals surface area contributed by atoms with E-state index in [1.165, 1.54) is 77.4 Å². The van der Waals surface area contributed by atoms with Gasteiger partial charge in [0.2, 0.25) is 0 Å². The fraction of sp³-hybridized carbons (Fsp3) is 1.00. The van der Waals surface area contributed by atoms with E-state index in [1.54, 1.807) is 0 Å². The smallest absolute Gasteiger partial charge is 0.0160 e. The van der Waals surface area contributed by atoms with Gasteiger partial charge in [-0.1, -0.05) is 59.8 Å². The highest BCUT2D eigenvalue weighted by molar-refractivity contribution is 4.63. The Morgan fingerprint density at radius 2 is 1.08 bits per heavy atom. The lowest BCUT2D eigenvalue weighted by atomic mass is 10.2. The van der Waals surface area contributed by atoms with Crippen LogP contribution < -0.4 is 16.8 Å². The molecule has 0 saturated heterocycles. The average molecular weight is 375 g/mol. The van der Waals surface area contributed by atoms with Crippen LogP contribution in [0.25, 0.3) is 0 Å². The van der Waals surface area contributed by atoms with Crippen molar-refractivity contribution in [2.24, 2.45) is 11.5 Å². The summed E-state index contributed by atoms with van der Waals surface area (Å²) in [5.74, 6) is 0. The minimum Gasteiger partial charge on any atom is -0.327 e. The number of unbranched alkanes of at least 4 members (excludes halogenated alkanes) is 5. The van der Waals surface area contributed by atoms with E-state index >= 15 is 0 Å². The predicted octanol–water partition coefficient (Wildman–Crippen LogP) is 4.77. The Morgan fingerprint density at radius 1 is 0.654 bits per heavy atom. The van der Waals surface area contributed by atoms with Crippen LogP contribution in [0.1, 0.15) is 99.3 Å². The van der Waals surface area contributed by atoms with E-state index in [0.29, 0.717) is 0 Å². The molecule has 0 saturated carbocycles. The number of nitrogens with one attached hydrogen (secondary N) is 1. The maximum atomic E-state index is 5.31. The zero-order valence-corrected chi connectivity index (χ0v) is 19.4. The first-order valence-electron chi connectivity index (χ1n) is 11.3. The van der Waals surface area contributed by atoms with Crippen molar-refractivity contribution in [3.63, 3.8) is 0 Å². The van der Waals surface area contributed by atoms with Crippen molar-refractivity contribution in [1.29, 1.82) is 0 Å². The third kappa shape index (κ3) is 31.6. The molecule has 4 nitrogen and oxygen atoms in total. The number of hydrogen-bond donors (Lipinski definition) is 3. The molecule has 0 aliphatic rings. The monoisotopic (exact) mass is 374 g/mol. The van der Waals surface area contributed by atoms with E-state index in [4.69, 9.17) is 11.5 Å². The van der Waals surface area contributed by atoms with Crippen molar-refractivity contribution in [2.45, 2.75) is 111 Å². The van der Waals surface area contributed by atoms with E-state index in [1.807, 2.05) is 20.9 Å². The average Bonchev–Trinajstić information content (AvgIpc) is 2.62. The molecular formula is C22H54N4. The van der Waals surface area contributed by atoms with Gasteiger partial charge in [0.05, 0.1) is 0 Å². The van der Waals surface area contributed by atoms with Crippen LogP contribution in [0.5, 0.6) is 0 Å². The Morgan fingerprint density at radius 3 is 1.35 bits per heavy atom. The van der Waals surface area contributed by atoms with Gasteiger partial charge >= 0.3 is 0 Å². The predicted molar refractivity (Wildman–Crippen MR) is 122 cm³/mol. The molecule has 0 aromatic heterocycles. The van der Waals surface area contributed by atoms with Gasteiger partial charge in [-0.25, -0.2) is 0 Å². The highest BCUT2D eigenvalue weighted by Gasteiger charge is 2.02. The first-order chi connectivity index (χ1) is 12.4. The third-order valence-electron chi connectivity index (χ3n) is 4.31. The van der Waals surface area contributed by atoms with Crippen molar-refractivity contribution in [1.82, 2.24) is 10.2 Å². The van der Waals surface area contributed by atoms with Crippen LogP contribution in [0.3, 0.4) is 0 Å². The van der Waals surface area contributed by atoms with Crippen molar-refractivity contribution >= 4 is 0 Å². The first-order valence-corrected chi connectivity index (χ1v) is 11.3. The molecule has 0 amide bonds. The number of hydrogen-bond acceptors (Lipinski definition) is 4. The van der Waals surface area contributed by atoms with E-state index in [9.17, 15) is 0 Å². The summed E-state index contributed by atoms with van der Waals surface area (Å²) < 4.78 is 0. The second kappa shape index (κ2) is 27.1. The van der Waals surface area contributed by atoms with Crippen LogP contribution in [0, 0.1) is 0 Å². The van der Waals surface area contributed by atoms with Crippen LogP contribution in [0.4, 0.5) is 0 Å². The molecule has 2 unspecified atom stereocenters. The Bertz CT molecular complexity index is 204. The van der Waals surface area contributed by atoms with Gasteiger partial charge in [0.25, 0.3) is 0 Å². The van der Waals surface area contributed by atoms with Gasteiger partial charge < -0.3 is 21.7 Å². The van der Waals surface area contributed by atoms with E-state index in [0.717, 1.165) is 6.54 Å². The molecule has 5 N–H and O–H groups in total. The van der Waals surface area contributed by atoms with Crippen LogP contribution in [-0.2, 0) is 0 Å². The highest BCUT2D eigenvalue weighted by Crippen LogP contribution is 2.04. The Kier molecular flexibility index (Phi) is 31.8. The maximum absolute atomic E-state index is 5.31. The molecular weight excluding hydrogens is 320 g/mol. The number of nitrogens with zero attached hydrogens (tertiary/aromatic N) is 1. The van der Waals surface area contributed by atoms with E-state index < -0.39 is 0 Å². The van der Waals surface area contributed by atoms with Crippen LogP contribution in [0.2, 0.25) is 0 Å². The van der Waals surface area contributed by atoms with Gasteiger partial charge in [-0.3, -0.25) is 0 Å². The van der Waals surface area contributed by atoms with Crippen molar-refractivity contribution in [3.8, 4) is 0 Å². The zero-order chi connectivity index (χ0) is 20.6. The largest absolute Gasteiger partial charge is 0.327 e. The highest BCUT2D eigenvalue weighted by atomic mass is 15.1. The molecule has 0 rings (SSSR count). The van der Waals surface area contributed by atoms with Gasteiger partial charge in [-0.2, -0.15) is 0 Å². The minimum absolute atomic E-state index is 0.130. The molecule has 0 aliphatic heterocycles. The molecule has 0 radical (unpaired) electrons. The van der Waals surface area contributed by atoms with Crippen molar-refractivity contribution in [3.05, 3.63) is 0 Å². The molecule has 2 atom stereocenters. The second-order valence-electron chi connectivity index (χ2n) is 7.43. The molecule has 162 valence electrons. The standard InChI is InChI=1S/C14H31N.C4H12N2.C4H11N/c1-4-7-10-11-14-15(12-8-5-2)13-9-6-3;1-3(5)4(2)6;1-3-4-5-2/h4-14H2,1-3H3;3-4H,5-6H2,1-2H3;5H,3-4H2,1-2H3. The zero-order valence-electron chi connectivity index (χ0n) is 19.4. The quantitative estimate of drug-likeness (QED) is 0.383. The molecule has 0 aromatic carbocycles. The van der Waals surface area contributed by atoms with E-state index in [2.05, 4.69) is 37.9 Å². The van der Waals surface area contributed by atoms with E-state index in [-0.39, 0.29) is 12.1 Å². The van der Waals surface area contributed by atoms with Gasteiger partial charge in [0, 0.05) is 12.1 Å². The summed E-state index contributed by atoms with van der Waals surface area (Å²) in [4.78, 5) is 2.67. The van der Waals surface area contributed by atoms with Gasteiger partial charge in [-0.05, 0) is 72.8 Å². The van der Waals surface area contributed by atoms with Gasteiger partial charge in [0.15, 0.2) is 0 Å². The fourth-order valence-electron chi connectivity index (χ4n) is 2.11. The second-order valence-corrected chi connectivity index (χ2v) is 7.43. The third-order valence-corrected chi connectivity index (χ3v) is 4.31. The van der Waals surface area contributed by atoms with Crippen LogP contribution >= 0.6 is 0 Å². The lowest BCUT2D eigenvalue weighted by Gasteiger charge is -2.21. The van der Waals surface area contributed by atoms with Crippen molar-refractivity contribution < 1.29 is 0 Å². The van der Waals surface area contributed by atoms with Crippen molar-refractivity contribution in [2.75, 3.05) is 33.2 Å². The molecule has 0 aromatic rings. The SMILES string of the molecule is CC(N)C(C)N.CCCCCCN(CCCC)CCCC.CCCNC. The normalized spacial score (nSPS) is 12.7. The lowest BCUT2D eigenvalue weighted by Crippen LogP contribution is -2.35. The fourth-order valence-corrected chi connectivity index (χ4v) is 2.11. The lowest BCUT2D eigenvalue weighted by molar-refractivity contribution is 0.259. The van der Waals surface area contributed by atoms with Gasteiger partial charge in [-0.15, -0.1) is 0 Å². The summed E-state index contributed by atoms with van der Waals surface area (Å²) in [5.41, 5.74) is 10.6. The molecule has 0 aliphatic carbocycles. The molecule has 4 heteroatoms. The molecule has 26 heavy (non-hydrogen) atoms. The summed E-state index contributed by atoms with van der Waals surface area (Å²) in [6.07, 6.45) is 12.2. The molecule has 0 fully saturated rings. The van der Waals surface area contributed by atoms with Gasteiger partial charge in [0.1, 0.15) is 0 Å². The first kappa shape index (κ1) is 30.6. The summed E-state index contributed by atoms with van der Waals surface area (Å²) in [7, 11) is 1.96. The summed E-state index contributed by atoms with van der Waals surface area (Å²) in [6.45, 7) is 17.9. The summed E-state index contributed by atoms with van der Waals surface area (Å²) >= 11 is 0. The molecule has 0 heterocycles. The Labute approximate surface area is 166 Å². The molecule has 0 bridgehead atoms. The number of nitrogens with two attached hydrogens (primary N) is 2. The van der Waals surface area contributed by atoms with Crippen LogP contribution in [-0.4, -0.2) is 50.2 Å². The van der Waals surface area contributed by atoms with Crippen LogP contribution in [0.15, 0.2) is 0 Å².